The minimum Gasteiger partial charge on any atom is -0.397 e. The summed E-state index contributed by atoms with van der Waals surface area (Å²) in [7, 11) is 3.45. The van der Waals surface area contributed by atoms with Crippen molar-refractivity contribution in [1.82, 2.24) is 9.88 Å². The van der Waals surface area contributed by atoms with Crippen molar-refractivity contribution < 1.29 is 4.79 Å². The summed E-state index contributed by atoms with van der Waals surface area (Å²) in [6, 6.07) is 9.20. The number of pyridine rings is 1. The van der Waals surface area contributed by atoms with Gasteiger partial charge in [0.05, 0.1) is 17.4 Å². The predicted molar refractivity (Wildman–Crippen MR) is 85.1 cm³/mol. The Hall–Kier alpha value is -2.56. The molecule has 21 heavy (non-hydrogen) atoms. The van der Waals surface area contributed by atoms with Crippen molar-refractivity contribution in [2.45, 2.75) is 13.0 Å². The first kappa shape index (κ1) is 14.8. The Balaban J connectivity index is 2.23. The van der Waals surface area contributed by atoms with Crippen LogP contribution in [0, 0.1) is 0 Å². The van der Waals surface area contributed by atoms with Crippen molar-refractivity contribution in [3.8, 4) is 0 Å². The van der Waals surface area contributed by atoms with Gasteiger partial charge in [0.25, 0.3) is 5.91 Å². The maximum absolute atomic E-state index is 12.0. The molecule has 0 radical (unpaired) electrons. The molecule has 3 N–H and O–H groups in total. The van der Waals surface area contributed by atoms with Crippen LogP contribution in [0.5, 0.6) is 0 Å². The van der Waals surface area contributed by atoms with Crippen molar-refractivity contribution in [2.24, 2.45) is 0 Å². The lowest BCUT2D eigenvalue weighted by Gasteiger charge is -2.18. The number of nitrogens with two attached hydrogens (primary N) is 1. The van der Waals surface area contributed by atoms with Crippen LogP contribution in [0.1, 0.15) is 28.9 Å². The number of nitrogens with one attached hydrogen (secondary N) is 1. The molecule has 1 amide bonds. The number of anilines is 2. The van der Waals surface area contributed by atoms with E-state index in [9.17, 15) is 4.79 Å². The summed E-state index contributed by atoms with van der Waals surface area (Å²) in [5.41, 5.74) is 9.01. The number of rotatable bonds is 4. The monoisotopic (exact) mass is 284 g/mol. The highest BCUT2D eigenvalue weighted by Crippen LogP contribution is 2.25. The van der Waals surface area contributed by atoms with Crippen LogP contribution >= 0.6 is 0 Å². The standard InChI is InChI=1S/C16H20N4O/c1-11(13-5-4-8-18-10-13)19-15-9-12(6-7-14(15)17)16(21)20(2)3/h4-11,19H,17H2,1-3H3. The molecule has 110 valence electrons. The molecule has 0 saturated carbocycles. The summed E-state index contributed by atoms with van der Waals surface area (Å²) >= 11 is 0. The second-order valence-corrected chi connectivity index (χ2v) is 5.15. The molecule has 0 fully saturated rings. The topological polar surface area (TPSA) is 71.2 Å². The maximum Gasteiger partial charge on any atom is 0.253 e. The Morgan fingerprint density at radius 2 is 2.10 bits per heavy atom. The lowest BCUT2D eigenvalue weighted by Crippen LogP contribution is -2.22. The molecule has 0 spiro atoms. The number of carbonyl (C=O) groups is 1. The molecule has 1 atom stereocenters. The Kier molecular flexibility index (Phi) is 4.42. The molecule has 2 rings (SSSR count). The zero-order valence-corrected chi connectivity index (χ0v) is 12.5. The molecular weight excluding hydrogens is 264 g/mol. The Labute approximate surface area is 124 Å². The highest BCUT2D eigenvalue weighted by Gasteiger charge is 2.12. The summed E-state index contributed by atoms with van der Waals surface area (Å²) in [4.78, 5) is 17.7. The highest BCUT2D eigenvalue weighted by atomic mass is 16.2. The van der Waals surface area contributed by atoms with Gasteiger partial charge in [-0.25, -0.2) is 0 Å². The van der Waals surface area contributed by atoms with E-state index >= 15 is 0 Å². The van der Waals surface area contributed by atoms with Gasteiger partial charge in [-0.3, -0.25) is 9.78 Å². The first-order valence-electron chi connectivity index (χ1n) is 6.76. The van der Waals surface area contributed by atoms with Gasteiger partial charge in [0.1, 0.15) is 0 Å². The molecule has 0 aliphatic rings. The third-order valence-corrected chi connectivity index (χ3v) is 3.26. The molecule has 0 bridgehead atoms. The third-order valence-electron chi connectivity index (χ3n) is 3.26. The number of amides is 1. The Morgan fingerprint density at radius 1 is 1.33 bits per heavy atom. The minimum absolute atomic E-state index is 0.0470. The lowest BCUT2D eigenvalue weighted by atomic mass is 10.1. The molecule has 1 heterocycles. The number of aromatic nitrogens is 1. The van der Waals surface area contributed by atoms with Crippen molar-refractivity contribution in [3.05, 3.63) is 53.9 Å². The number of nitrogens with zero attached hydrogens (tertiary/aromatic N) is 2. The van der Waals surface area contributed by atoms with E-state index in [-0.39, 0.29) is 11.9 Å². The van der Waals surface area contributed by atoms with Crippen LogP contribution in [0.25, 0.3) is 0 Å². The fraction of sp³-hybridized carbons (Fsp3) is 0.250. The van der Waals surface area contributed by atoms with Crippen molar-refractivity contribution in [2.75, 3.05) is 25.1 Å². The number of benzene rings is 1. The van der Waals surface area contributed by atoms with Gasteiger partial charge in [-0.2, -0.15) is 0 Å². The first-order valence-corrected chi connectivity index (χ1v) is 6.76. The largest absolute Gasteiger partial charge is 0.397 e. The molecule has 0 aliphatic carbocycles. The fourth-order valence-corrected chi connectivity index (χ4v) is 2.02. The van der Waals surface area contributed by atoms with Gasteiger partial charge >= 0.3 is 0 Å². The second kappa shape index (κ2) is 6.26. The minimum atomic E-state index is -0.0490. The van der Waals surface area contributed by atoms with Gasteiger partial charge < -0.3 is 16.0 Å². The average molecular weight is 284 g/mol. The van der Waals surface area contributed by atoms with E-state index in [2.05, 4.69) is 10.3 Å². The molecule has 5 nitrogen and oxygen atoms in total. The highest BCUT2D eigenvalue weighted by molar-refractivity contribution is 5.95. The van der Waals surface area contributed by atoms with E-state index in [0.29, 0.717) is 11.3 Å². The number of nitrogen functional groups attached to an aromatic ring is 1. The number of hydrogen-bond acceptors (Lipinski definition) is 4. The van der Waals surface area contributed by atoms with Gasteiger partial charge in [0.2, 0.25) is 0 Å². The molecule has 1 aromatic heterocycles. The Morgan fingerprint density at radius 3 is 2.71 bits per heavy atom. The van der Waals surface area contributed by atoms with Gasteiger partial charge in [0.15, 0.2) is 0 Å². The molecule has 5 heteroatoms. The summed E-state index contributed by atoms with van der Waals surface area (Å²) in [5.74, 6) is -0.0490. The summed E-state index contributed by atoms with van der Waals surface area (Å²) in [6.07, 6.45) is 3.55. The zero-order valence-electron chi connectivity index (χ0n) is 12.5. The van der Waals surface area contributed by atoms with E-state index in [0.717, 1.165) is 11.3 Å². The molecule has 1 unspecified atom stereocenters. The van der Waals surface area contributed by atoms with E-state index in [1.54, 1.807) is 43.4 Å². The first-order chi connectivity index (χ1) is 9.99. The van der Waals surface area contributed by atoms with Gasteiger partial charge in [0, 0.05) is 32.1 Å². The lowest BCUT2D eigenvalue weighted by molar-refractivity contribution is 0.0827. The van der Waals surface area contributed by atoms with E-state index in [4.69, 9.17) is 5.73 Å². The van der Waals surface area contributed by atoms with Crippen molar-refractivity contribution in [1.29, 1.82) is 0 Å². The van der Waals surface area contributed by atoms with Gasteiger partial charge in [-0.05, 0) is 36.8 Å². The van der Waals surface area contributed by atoms with Crippen LogP contribution in [0.3, 0.4) is 0 Å². The van der Waals surface area contributed by atoms with E-state index < -0.39 is 0 Å². The van der Waals surface area contributed by atoms with Crippen LogP contribution < -0.4 is 11.1 Å². The predicted octanol–water partition coefficient (Wildman–Crippen LogP) is 2.54. The van der Waals surface area contributed by atoms with E-state index in [1.807, 2.05) is 25.3 Å². The smallest absolute Gasteiger partial charge is 0.253 e. The summed E-state index contributed by atoms with van der Waals surface area (Å²) < 4.78 is 0. The summed E-state index contributed by atoms with van der Waals surface area (Å²) in [6.45, 7) is 2.02. The normalized spacial score (nSPS) is 11.8. The van der Waals surface area contributed by atoms with Crippen LogP contribution in [0.15, 0.2) is 42.7 Å². The SMILES string of the molecule is CC(Nc1cc(C(=O)N(C)C)ccc1N)c1cccnc1. The van der Waals surface area contributed by atoms with Gasteiger partial charge in [-0.15, -0.1) is 0 Å². The number of carbonyl (C=O) groups excluding carboxylic acids is 1. The third kappa shape index (κ3) is 3.51. The van der Waals surface area contributed by atoms with Crippen LogP contribution in [-0.2, 0) is 0 Å². The van der Waals surface area contributed by atoms with Crippen LogP contribution in [-0.4, -0.2) is 29.9 Å². The zero-order chi connectivity index (χ0) is 15.4. The second-order valence-electron chi connectivity index (χ2n) is 5.15. The fourth-order valence-electron chi connectivity index (χ4n) is 2.02. The Bertz CT molecular complexity index is 625. The van der Waals surface area contributed by atoms with Crippen LogP contribution in [0.4, 0.5) is 11.4 Å². The average Bonchev–Trinajstić information content (AvgIpc) is 2.49. The molecule has 0 saturated heterocycles. The van der Waals surface area contributed by atoms with Crippen molar-refractivity contribution in [3.63, 3.8) is 0 Å². The van der Waals surface area contributed by atoms with E-state index in [1.165, 1.54) is 0 Å². The van der Waals surface area contributed by atoms with Gasteiger partial charge in [-0.1, -0.05) is 6.07 Å². The molecule has 1 aromatic carbocycles. The van der Waals surface area contributed by atoms with Crippen LogP contribution in [0.2, 0.25) is 0 Å². The molecular formula is C16H20N4O. The summed E-state index contributed by atoms with van der Waals surface area (Å²) in [5, 5.41) is 3.32. The van der Waals surface area contributed by atoms with Crippen molar-refractivity contribution >= 4 is 17.3 Å². The maximum atomic E-state index is 12.0. The quantitative estimate of drug-likeness (QED) is 0.846. The molecule has 2 aromatic rings. The molecule has 0 aliphatic heterocycles. The number of hydrogen-bond donors (Lipinski definition) is 2.